The normalized spacial score (nSPS) is 17.0. The van der Waals surface area contributed by atoms with Crippen LogP contribution in [0.4, 0.5) is 5.69 Å². The Hall–Kier alpha value is -1.90. The van der Waals surface area contributed by atoms with E-state index in [1.54, 1.807) is 43.3 Å². The molecular formula is C16H21N3O2. The molecule has 0 saturated carbocycles. The van der Waals surface area contributed by atoms with Crippen molar-refractivity contribution in [3.05, 3.63) is 29.8 Å². The Morgan fingerprint density at radius 2 is 2.00 bits per heavy atom. The van der Waals surface area contributed by atoms with Crippen LogP contribution in [0, 0.1) is 16.7 Å². The Morgan fingerprint density at radius 1 is 1.38 bits per heavy atom. The predicted octanol–water partition coefficient (Wildman–Crippen LogP) is 1.54. The first-order valence-electron chi connectivity index (χ1n) is 7.11. The highest BCUT2D eigenvalue weighted by atomic mass is 16.5. The molecule has 0 spiro atoms. The monoisotopic (exact) mass is 287 g/mol. The first-order chi connectivity index (χ1) is 10.1. The second-order valence-corrected chi connectivity index (χ2v) is 5.49. The van der Waals surface area contributed by atoms with Gasteiger partial charge in [-0.1, -0.05) is 0 Å². The molecule has 21 heavy (non-hydrogen) atoms. The van der Waals surface area contributed by atoms with Crippen molar-refractivity contribution >= 4 is 11.6 Å². The average Bonchev–Trinajstić information content (AvgIpc) is 2.54. The summed E-state index contributed by atoms with van der Waals surface area (Å²) in [7, 11) is 3.42. The van der Waals surface area contributed by atoms with E-state index < -0.39 is 5.41 Å². The third-order valence-corrected chi connectivity index (χ3v) is 4.12. The Labute approximate surface area is 125 Å². The number of anilines is 1. The molecular weight excluding hydrogens is 266 g/mol. The number of amides is 1. The molecule has 1 fully saturated rings. The van der Waals surface area contributed by atoms with E-state index in [1.807, 2.05) is 0 Å². The number of nitrogens with one attached hydrogen (secondary N) is 1. The molecule has 1 aliphatic rings. The van der Waals surface area contributed by atoms with Crippen molar-refractivity contribution in [1.29, 1.82) is 5.26 Å². The van der Waals surface area contributed by atoms with Crippen LogP contribution in [0.3, 0.4) is 0 Å². The van der Waals surface area contributed by atoms with Crippen LogP contribution < -0.4 is 10.2 Å². The van der Waals surface area contributed by atoms with Crippen LogP contribution in [-0.4, -0.2) is 39.8 Å². The van der Waals surface area contributed by atoms with Crippen LogP contribution in [0.2, 0.25) is 0 Å². The molecule has 0 bridgehead atoms. The number of carbonyl (C=O) groups is 1. The highest BCUT2D eigenvalue weighted by Crippen LogP contribution is 2.32. The number of benzene rings is 1. The van der Waals surface area contributed by atoms with Gasteiger partial charge < -0.3 is 15.0 Å². The number of hydrogen-bond acceptors (Lipinski definition) is 4. The number of ether oxygens (including phenoxy) is 1. The van der Waals surface area contributed by atoms with Crippen molar-refractivity contribution in [3.8, 4) is 6.07 Å². The van der Waals surface area contributed by atoms with Gasteiger partial charge in [0.05, 0.1) is 23.7 Å². The fraction of sp³-hybridized carbons (Fsp3) is 0.500. The third-order valence-electron chi connectivity index (χ3n) is 4.12. The van der Waals surface area contributed by atoms with Gasteiger partial charge in [-0.25, -0.2) is 0 Å². The number of piperidine rings is 1. The van der Waals surface area contributed by atoms with Crippen molar-refractivity contribution in [2.75, 3.05) is 38.8 Å². The van der Waals surface area contributed by atoms with Crippen molar-refractivity contribution in [1.82, 2.24) is 5.32 Å². The van der Waals surface area contributed by atoms with Crippen LogP contribution in [0.15, 0.2) is 24.3 Å². The van der Waals surface area contributed by atoms with Crippen molar-refractivity contribution < 1.29 is 9.53 Å². The van der Waals surface area contributed by atoms with Crippen LogP contribution in [0.25, 0.3) is 0 Å². The van der Waals surface area contributed by atoms with Gasteiger partial charge in [0.2, 0.25) is 5.91 Å². The smallest absolute Gasteiger partial charge is 0.235 e. The number of nitriles is 1. The van der Waals surface area contributed by atoms with Gasteiger partial charge in [0.25, 0.3) is 0 Å². The zero-order valence-electron chi connectivity index (χ0n) is 12.6. The highest BCUT2D eigenvalue weighted by Gasteiger charge is 2.41. The molecule has 1 aliphatic heterocycles. The molecule has 1 saturated heterocycles. The van der Waals surface area contributed by atoms with Gasteiger partial charge >= 0.3 is 0 Å². The number of carbonyl (C=O) groups excluding carboxylic acids is 1. The number of hydrogen-bond donors (Lipinski definition) is 1. The number of methoxy groups -OCH3 is 1. The third kappa shape index (κ3) is 3.23. The summed E-state index contributed by atoms with van der Waals surface area (Å²) >= 11 is 0. The fourth-order valence-electron chi connectivity index (χ4n) is 2.83. The van der Waals surface area contributed by atoms with Gasteiger partial charge in [0.15, 0.2) is 0 Å². The van der Waals surface area contributed by atoms with Crippen molar-refractivity contribution in [3.63, 3.8) is 0 Å². The zero-order chi connectivity index (χ0) is 15.3. The van der Waals surface area contributed by atoms with Gasteiger partial charge in [-0.3, -0.25) is 4.79 Å². The van der Waals surface area contributed by atoms with E-state index in [-0.39, 0.29) is 5.91 Å². The first kappa shape index (κ1) is 15.5. The maximum absolute atomic E-state index is 12.9. The summed E-state index contributed by atoms with van der Waals surface area (Å²) in [6.07, 6.45) is 1.56. The van der Waals surface area contributed by atoms with Crippen molar-refractivity contribution in [2.45, 2.75) is 12.8 Å². The van der Waals surface area contributed by atoms with Gasteiger partial charge in [-0.05, 0) is 50.2 Å². The summed E-state index contributed by atoms with van der Waals surface area (Å²) in [5, 5.41) is 12.1. The minimum Gasteiger partial charge on any atom is -0.384 e. The van der Waals surface area contributed by atoms with E-state index in [4.69, 9.17) is 10.00 Å². The molecule has 1 aromatic rings. The van der Waals surface area contributed by atoms with Crippen LogP contribution in [-0.2, 0) is 9.53 Å². The lowest BCUT2D eigenvalue weighted by Gasteiger charge is -2.38. The van der Waals surface area contributed by atoms with E-state index in [2.05, 4.69) is 11.4 Å². The second-order valence-electron chi connectivity index (χ2n) is 5.49. The summed E-state index contributed by atoms with van der Waals surface area (Å²) in [6, 6.07) is 9.14. The number of rotatable bonds is 4. The van der Waals surface area contributed by atoms with Gasteiger partial charge in [0.1, 0.15) is 0 Å². The van der Waals surface area contributed by atoms with Crippen LogP contribution in [0.5, 0.6) is 0 Å². The Balaban J connectivity index is 2.20. The number of nitrogens with zero attached hydrogens (tertiary/aromatic N) is 2. The molecule has 5 nitrogen and oxygen atoms in total. The highest BCUT2D eigenvalue weighted by molar-refractivity contribution is 5.97. The standard InChI is InChI=1S/C16H21N3O2/c1-19(14-5-3-13(11-17)4-6-14)15(20)16(12-21-2)7-9-18-10-8-16/h3-6,18H,7-10,12H2,1-2H3. The molecule has 112 valence electrons. The molecule has 0 atom stereocenters. The SMILES string of the molecule is COCC1(C(=O)N(C)c2ccc(C#N)cc2)CCNCC1. The molecule has 0 aromatic heterocycles. The lowest BCUT2D eigenvalue weighted by molar-refractivity contribution is -0.133. The molecule has 0 radical (unpaired) electrons. The second kappa shape index (κ2) is 6.70. The largest absolute Gasteiger partial charge is 0.384 e. The van der Waals surface area contributed by atoms with E-state index in [0.717, 1.165) is 31.6 Å². The molecule has 1 aromatic carbocycles. The summed E-state index contributed by atoms with van der Waals surface area (Å²) in [4.78, 5) is 14.6. The quantitative estimate of drug-likeness (QED) is 0.912. The summed E-state index contributed by atoms with van der Waals surface area (Å²) in [6.45, 7) is 2.10. The minimum atomic E-state index is -0.456. The zero-order valence-corrected chi connectivity index (χ0v) is 12.6. The van der Waals surface area contributed by atoms with Gasteiger partial charge in [-0.15, -0.1) is 0 Å². The lowest BCUT2D eigenvalue weighted by Crippen LogP contribution is -2.50. The molecule has 2 rings (SSSR count). The van der Waals surface area contributed by atoms with Crippen molar-refractivity contribution in [2.24, 2.45) is 5.41 Å². The summed E-state index contributed by atoms with van der Waals surface area (Å²) < 4.78 is 5.31. The van der Waals surface area contributed by atoms with Crippen LogP contribution >= 0.6 is 0 Å². The summed E-state index contributed by atoms with van der Waals surface area (Å²) in [5.41, 5.74) is 0.934. The fourth-order valence-corrected chi connectivity index (χ4v) is 2.83. The molecule has 0 aliphatic carbocycles. The van der Waals surface area contributed by atoms with E-state index in [9.17, 15) is 4.79 Å². The Morgan fingerprint density at radius 3 is 2.52 bits per heavy atom. The molecule has 1 amide bonds. The topological polar surface area (TPSA) is 65.4 Å². The average molecular weight is 287 g/mol. The predicted molar refractivity (Wildman–Crippen MR) is 81.0 cm³/mol. The molecule has 1 N–H and O–H groups in total. The lowest BCUT2D eigenvalue weighted by atomic mass is 9.78. The van der Waals surface area contributed by atoms with E-state index >= 15 is 0 Å². The molecule has 5 heteroatoms. The summed E-state index contributed by atoms with van der Waals surface area (Å²) in [5.74, 6) is 0.0792. The minimum absolute atomic E-state index is 0.0792. The first-order valence-corrected chi connectivity index (χ1v) is 7.11. The Bertz CT molecular complexity index is 522. The Kier molecular flexibility index (Phi) is 4.94. The maximum atomic E-state index is 12.9. The maximum Gasteiger partial charge on any atom is 0.235 e. The van der Waals surface area contributed by atoms with Crippen LogP contribution in [0.1, 0.15) is 18.4 Å². The van der Waals surface area contributed by atoms with E-state index in [1.165, 1.54) is 0 Å². The van der Waals surface area contributed by atoms with Gasteiger partial charge in [0, 0.05) is 19.8 Å². The molecule has 0 unspecified atom stereocenters. The van der Waals surface area contributed by atoms with Gasteiger partial charge in [-0.2, -0.15) is 5.26 Å². The molecule has 1 heterocycles. The van der Waals surface area contributed by atoms with E-state index in [0.29, 0.717) is 12.2 Å².